The quantitative estimate of drug-likeness (QED) is 0.670. The Kier molecular flexibility index (Phi) is 4.42. The molecule has 2 rings (SSSR count). The lowest BCUT2D eigenvalue weighted by Gasteiger charge is -2.16. The van der Waals surface area contributed by atoms with Crippen LogP contribution in [0.5, 0.6) is 5.75 Å². The third kappa shape index (κ3) is 3.30. The van der Waals surface area contributed by atoms with E-state index in [1.165, 1.54) is 19.2 Å². The highest BCUT2D eigenvalue weighted by Gasteiger charge is 2.16. The zero-order chi connectivity index (χ0) is 15.6. The summed E-state index contributed by atoms with van der Waals surface area (Å²) in [4.78, 5) is 15.9. The van der Waals surface area contributed by atoms with Crippen molar-refractivity contribution in [2.45, 2.75) is 26.8 Å². The number of hydrogen-bond acceptors (Lipinski definition) is 6. The fourth-order valence-electron chi connectivity index (χ4n) is 2.16. The Morgan fingerprint density at radius 1 is 1.43 bits per heavy atom. The number of nitrogens with zero attached hydrogens (tertiary/aromatic N) is 2. The van der Waals surface area contributed by atoms with E-state index in [1.54, 1.807) is 17.4 Å². The first-order chi connectivity index (χ1) is 9.92. The molecule has 7 heteroatoms. The van der Waals surface area contributed by atoms with Gasteiger partial charge in [-0.1, -0.05) is 0 Å². The molecule has 0 spiro atoms. The molecule has 0 bridgehead atoms. The zero-order valence-corrected chi connectivity index (χ0v) is 13.2. The van der Waals surface area contributed by atoms with E-state index in [9.17, 15) is 10.1 Å². The van der Waals surface area contributed by atoms with Crippen LogP contribution >= 0.6 is 11.3 Å². The molecule has 0 saturated carbocycles. The molecule has 0 fully saturated rings. The normalized spacial score (nSPS) is 12.0. The van der Waals surface area contributed by atoms with Crippen molar-refractivity contribution in [2.24, 2.45) is 0 Å². The second-order valence-electron chi connectivity index (χ2n) is 4.69. The SMILES string of the molecule is COc1cc([N+](=O)[O-])ccc1NC(C)c1sc(C)nc1C. The maximum atomic E-state index is 10.8. The fraction of sp³-hybridized carbons (Fsp3) is 0.357. The highest BCUT2D eigenvalue weighted by atomic mass is 32.1. The Morgan fingerprint density at radius 3 is 2.67 bits per heavy atom. The third-order valence-corrected chi connectivity index (χ3v) is 4.36. The summed E-state index contributed by atoms with van der Waals surface area (Å²) < 4.78 is 5.23. The average molecular weight is 307 g/mol. The molecule has 0 amide bonds. The van der Waals surface area contributed by atoms with Gasteiger partial charge in [0.25, 0.3) is 5.69 Å². The molecule has 0 aliphatic rings. The zero-order valence-electron chi connectivity index (χ0n) is 12.3. The van der Waals surface area contributed by atoms with Crippen LogP contribution in [0.4, 0.5) is 11.4 Å². The molecule has 6 nitrogen and oxygen atoms in total. The Balaban J connectivity index is 2.26. The molecular weight excluding hydrogens is 290 g/mol. The summed E-state index contributed by atoms with van der Waals surface area (Å²) >= 11 is 1.64. The highest BCUT2D eigenvalue weighted by Crippen LogP contribution is 2.33. The van der Waals surface area contributed by atoms with Gasteiger partial charge in [-0.15, -0.1) is 11.3 Å². The molecule has 2 aromatic rings. The van der Waals surface area contributed by atoms with Gasteiger partial charge >= 0.3 is 0 Å². The van der Waals surface area contributed by atoms with E-state index in [0.717, 1.165) is 21.3 Å². The molecule has 1 N–H and O–H groups in total. The fourth-order valence-corrected chi connectivity index (χ4v) is 3.09. The van der Waals surface area contributed by atoms with Crippen LogP contribution in [0.15, 0.2) is 18.2 Å². The summed E-state index contributed by atoms with van der Waals surface area (Å²) in [5.41, 5.74) is 1.73. The first kappa shape index (κ1) is 15.2. The van der Waals surface area contributed by atoms with Gasteiger partial charge in [0, 0.05) is 10.9 Å². The number of nitrogens with one attached hydrogen (secondary N) is 1. The average Bonchev–Trinajstić information content (AvgIpc) is 2.78. The first-order valence-electron chi connectivity index (χ1n) is 6.45. The smallest absolute Gasteiger partial charge is 0.273 e. The van der Waals surface area contributed by atoms with Gasteiger partial charge in [-0.2, -0.15) is 0 Å². The molecule has 0 aliphatic carbocycles. The van der Waals surface area contributed by atoms with Crippen LogP contribution in [0.2, 0.25) is 0 Å². The van der Waals surface area contributed by atoms with E-state index < -0.39 is 4.92 Å². The van der Waals surface area contributed by atoms with E-state index in [4.69, 9.17) is 4.74 Å². The lowest BCUT2D eigenvalue weighted by atomic mass is 10.2. The van der Waals surface area contributed by atoms with Gasteiger partial charge in [0.1, 0.15) is 5.75 Å². The van der Waals surface area contributed by atoms with Gasteiger partial charge in [0.2, 0.25) is 0 Å². The lowest BCUT2D eigenvalue weighted by Crippen LogP contribution is -2.07. The van der Waals surface area contributed by atoms with Crippen molar-refractivity contribution in [1.29, 1.82) is 0 Å². The van der Waals surface area contributed by atoms with Gasteiger partial charge in [-0.05, 0) is 26.8 Å². The van der Waals surface area contributed by atoms with Gasteiger partial charge in [0.15, 0.2) is 0 Å². The van der Waals surface area contributed by atoms with E-state index in [1.807, 2.05) is 20.8 Å². The van der Waals surface area contributed by atoms with E-state index in [2.05, 4.69) is 10.3 Å². The molecule has 0 aliphatic heterocycles. The number of nitro groups is 1. The van der Waals surface area contributed by atoms with Crippen LogP contribution in [-0.2, 0) is 0 Å². The van der Waals surface area contributed by atoms with Gasteiger partial charge in [0.05, 0.1) is 40.5 Å². The van der Waals surface area contributed by atoms with Crippen LogP contribution < -0.4 is 10.1 Å². The molecule has 1 unspecified atom stereocenters. The molecule has 0 saturated heterocycles. The van der Waals surface area contributed by atoms with Crippen LogP contribution in [0.25, 0.3) is 0 Å². The summed E-state index contributed by atoms with van der Waals surface area (Å²) in [5, 5.41) is 15.1. The van der Waals surface area contributed by atoms with Crippen molar-refractivity contribution in [2.75, 3.05) is 12.4 Å². The molecule has 112 valence electrons. The van der Waals surface area contributed by atoms with Crippen molar-refractivity contribution in [1.82, 2.24) is 4.98 Å². The molecule has 0 radical (unpaired) electrons. The Morgan fingerprint density at radius 2 is 2.14 bits per heavy atom. The highest BCUT2D eigenvalue weighted by molar-refractivity contribution is 7.11. The number of benzene rings is 1. The van der Waals surface area contributed by atoms with E-state index in [0.29, 0.717) is 5.75 Å². The summed E-state index contributed by atoms with van der Waals surface area (Å²) in [7, 11) is 1.50. The molecule has 1 aromatic heterocycles. The summed E-state index contributed by atoms with van der Waals surface area (Å²) in [6, 6.07) is 4.59. The van der Waals surface area contributed by atoms with Crippen LogP contribution in [0.3, 0.4) is 0 Å². The molecule has 1 aromatic carbocycles. The number of aryl methyl sites for hydroxylation is 2. The van der Waals surface area contributed by atoms with Crippen molar-refractivity contribution in [3.8, 4) is 5.75 Å². The summed E-state index contributed by atoms with van der Waals surface area (Å²) in [6.07, 6.45) is 0. The van der Waals surface area contributed by atoms with Crippen molar-refractivity contribution in [3.63, 3.8) is 0 Å². The maximum absolute atomic E-state index is 10.8. The minimum Gasteiger partial charge on any atom is -0.494 e. The predicted molar refractivity (Wildman–Crippen MR) is 83.3 cm³/mol. The Bertz CT molecular complexity index is 669. The minimum absolute atomic E-state index is 0.00914. The number of methoxy groups -OCH3 is 1. The van der Waals surface area contributed by atoms with Crippen LogP contribution in [0.1, 0.15) is 28.5 Å². The van der Waals surface area contributed by atoms with Crippen molar-refractivity contribution >= 4 is 22.7 Å². The van der Waals surface area contributed by atoms with Crippen molar-refractivity contribution in [3.05, 3.63) is 43.9 Å². The third-order valence-electron chi connectivity index (χ3n) is 3.10. The number of ether oxygens (including phenoxy) is 1. The summed E-state index contributed by atoms with van der Waals surface area (Å²) in [5.74, 6) is 0.454. The van der Waals surface area contributed by atoms with Crippen LogP contribution in [-0.4, -0.2) is 17.0 Å². The van der Waals surface area contributed by atoms with Gasteiger partial charge < -0.3 is 10.1 Å². The Labute approximate surface area is 126 Å². The predicted octanol–water partition coefficient (Wildman–Crippen LogP) is 3.85. The number of thiazole rings is 1. The van der Waals surface area contributed by atoms with Crippen LogP contribution in [0, 0.1) is 24.0 Å². The lowest BCUT2D eigenvalue weighted by molar-refractivity contribution is -0.384. The number of hydrogen-bond donors (Lipinski definition) is 1. The Hall–Kier alpha value is -2.15. The van der Waals surface area contributed by atoms with E-state index in [-0.39, 0.29) is 11.7 Å². The first-order valence-corrected chi connectivity index (χ1v) is 7.27. The summed E-state index contributed by atoms with van der Waals surface area (Å²) in [6.45, 7) is 5.98. The molecule has 1 heterocycles. The standard InChI is InChI=1S/C14H17N3O3S/c1-8-14(21-10(3)15-8)9(2)16-12-6-5-11(17(18)19)7-13(12)20-4/h5-7,9,16H,1-4H3. The maximum Gasteiger partial charge on any atom is 0.273 e. The molecule has 1 atom stereocenters. The van der Waals surface area contributed by atoms with Gasteiger partial charge in [-0.3, -0.25) is 10.1 Å². The number of anilines is 1. The molecular formula is C14H17N3O3S. The minimum atomic E-state index is -0.438. The monoisotopic (exact) mass is 307 g/mol. The number of non-ortho nitro benzene ring substituents is 1. The number of aromatic nitrogens is 1. The largest absolute Gasteiger partial charge is 0.494 e. The number of rotatable bonds is 5. The molecule has 21 heavy (non-hydrogen) atoms. The second-order valence-corrected chi connectivity index (χ2v) is 5.93. The van der Waals surface area contributed by atoms with Crippen molar-refractivity contribution < 1.29 is 9.66 Å². The van der Waals surface area contributed by atoms with E-state index >= 15 is 0 Å². The topological polar surface area (TPSA) is 77.3 Å². The van der Waals surface area contributed by atoms with Gasteiger partial charge in [-0.25, -0.2) is 4.98 Å². The number of nitro benzene ring substituents is 1. The second kappa shape index (κ2) is 6.09.